The molecule has 0 saturated carbocycles. The first-order chi connectivity index (χ1) is 11.8. The van der Waals surface area contributed by atoms with Gasteiger partial charge in [-0.2, -0.15) is 0 Å². The van der Waals surface area contributed by atoms with Gasteiger partial charge in [-0.1, -0.05) is 20.8 Å². The van der Waals surface area contributed by atoms with Crippen LogP contribution < -0.4 is 10.6 Å². The molecule has 1 saturated heterocycles. The minimum atomic E-state index is -0.0265. The molecule has 1 heterocycles. The van der Waals surface area contributed by atoms with Crippen LogP contribution in [0.3, 0.4) is 0 Å². The van der Waals surface area contributed by atoms with Crippen LogP contribution in [0, 0.1) is 11.3 Å². The van der Waals surface area contributed by atoms with Gasteiger partial charge in [0.05, 0.1) is 12.7 Å². The van der Waals surface area contributed by atoms with E-state index in [9.17, 15) is 4.79 Å². The highest BCUT2D eigenvalue weighted by Gasteiger charge is 2.35. The first kappa shape index (κ1) is 21.7. The van der Waals surface area contributed by atoms with Gasteiger partial charge in [-0.25, -0.2) is 4.99 Å². The number of amides is 1. The SMILES string of the molecule is COCCNC(=NCC(=O)N(C)C)NCC1CCCOC1C(C)(C)C. The summed E-state index contributed by atoms with van der Waals surface area (Å²) in [5.74, 6) is 1.04. The lowest BCUT2D eigenvalue weighted by molar-refractivity contribution is -0.127. The van der Waals surface area contributed by atoms with Gasteiger partial charge >= 0.3 is 0 Å². The van der Waals surface area contributed by atoms with Crippen molar-refractivity contribution in [3.8, 4) is 0 Å². The molecule has 146 valence electrons. The first-order valence-electron chi connectivity index (χ1n) is 9.08. The molecule has 2 unspecified atom stereocenters. The second kappa shape index (κ2) is 10.6. The van der Waals surface area contributed by atoms with Crippen molar-refractivity contribution in [2.45, 2.75) is 39.7 Å². The Hall–Kier alpha value is -1.34. The summed E-state index contributed by atoms with van der Waals surface area (Å²) < 4.78 is 11.1. The Balaban J connectivity index is 2.65. The van der Waals surface area contributed by atoms with Crippen LogP contribution in [0.5, 0.6) is 0 Å². The predicted octanol–water partition coefficient (Wildman–Crippen LogP) is 1.10. The molecule has 2 N–H and O–H groups in total. The summed E-state index contributed by atoms with van der Waals surface area (Å²) in [4.78, 5) is 17.7. The van der Waals surface area contributed by atoms with Crippen molar-refractivity contribution in [2.75, 3.05) is 54.1 Å². The van der Waals surface area contributed by atoms with Gasteiger partial charge in [0, 0.05) is 46.8 Å². The molecule has 0 radical (unpaired) electrons. The molecule has 1 rings (SSSR count). The fourth-order valence-electron chi connectivity index (χ4n) is 2.97. The number of likely N-dealkylation sites (N-methyl/N-ethyl adjacent to an activating group) is 1. The molecule has 7 nitrogen and oxygen atoms in total. The molecule has 0 spiro atoms. The molecule has 0 bridgehead atoms. The summed E-state index contributed by atoms with van der Waals surface area (Å²) in [7, 11) is 5.13. The minimum Gasteiger partial charge on any atom is -0.383 e. The van der Waals surface area contributed by atoms with E-state index < -0.39 is 0 Å². The summed E-state index contributed by atoms with van der Waals surface area (Å²) in [5, 5.41) is 6.59. The number of carbonyl (C=O) groups excluding carboxylic acids is 1. The van der Waals surface area contributed by atoms with Crippen LogP contribution >= 0.6 is 0 Å². The van der Waals surface area contributed by atoms with Crippen LogP contribution in [0.25, 0.3) is 0 Å². The zero-order chi connectivity index (χ0) is 18.9. The molecule has 0 aromatic rings. The zero-order valence-electron chi connectivity index (χ0n) is 16.7. The number of guanidine groups is 1. The molecule has 0 aromatic carbocycles. The third-order valence-electron chi connectivity index (χ3n) is 4.30. The smallest absolute Gasteiger partial charge is 0.243 e. The average Bonchev–Trinajstić information content (AvgIpc) is 2.56. The van der Waals surface area contributed by atoms with Crippen LogP contribution in [0.4, 0.5) is 0 Å². The van der Waals surface area contributed by atoms with Gasteiger partial charge in [0.15, 0.2) is 5.96 Å². The Kier molecular flexibility index (Phi) is 9.21. The molecule has 1 fully saturated rings. The van der Waals surface area contributed by atoms with E-state index in [1.165, 1.54) is 0 Å². The minimum absolute atomic E-state index is 0.0265. The third kappa shape index (κ3) is 8.05. The lowest BCUT2D eigenvalue weighted by Crippen LogP contribution is -2.48. The van der Waals surface area contributed by atoms with Crippen molar-refractivity contribution >= 4 is 11.9 Å². The van der Waals surface area contributed by atoms with E-state index in [0.717, 1.165) is 26.0 Å². The quantitative estimate of drug-likeness (QED) is 0.406. The number of methoxy groups -OCH3 is 1. The number of aliphatic imine (C=N–C) groups is 1. The van der Waals surface area contributed by atoms with Gasteiger partial charge in [0.2, 0.25) is 5.91 Å². The molecule has 1 aliphatic rings. The average molecular weight is 357 g/mol. The van der Waals surface area contributed by atoms with E-state index in [-0.39, 0.29) is 24.0 Å². The number of carbonyl (C=O) groups is 1. The normalized spacial score (nSPS) is 21.8. The van der Waals surface area contributed by atoms with Crippen LogP contribution in [0.15, 0.2) is 4.99 Å². The highest BCUT2D eigenvalue weighted by Crippen LogP contribution is 2.33. The number of nitrogens with one attached hydrogen (secondary N) is 2. The maximum Gasteiger partial charge on any atom is 0.243 e. The molecule has 7 heteroatoms. The first-order valence-corrected chi connectivity index (χ1v) is 9.08. The van der Waals surface area contributed by atoms with Gasteiger partial charge < -0.3 is 25.0 Å². The molecular formula is C18H36N4O3. The Morgan fingerprint density at radius 3 is 2.64 bits per heavy atom. The fourth-order valence-corrected chi connectivity index (χ4v) is 2.97. The lowest BCUT2D eigenvalue weighted by atomic mass is 9.78. The zero-order valence-corrected chi connectivity index (χ0v) is 16.7. The number of hydrogen-bond donors (Lipinski definition) is 2. The van der Waals surface area contributed by atoms with Crippen molar-refractivity contribution in [2.24, 2.45) is 16.3 Å². The van der Waals surface area contributed by atoms with Crippen LogP contribution in [0.1, 0.15) is 33.6 Å². The lowest BCUT2D eigenvalue weighted by Gasteiger charge is -2.40. The predicted molar refractivity (Wildman–Crippen MR) is 101 cm³/mol. The highest BCUT2D eigenvalue weighted by atomic mass is 16.5. The topological polar surface area (TPSA) is 75.2 Å². The van der Waals surface area contributed by atoms with E-state index in [4.69, 9.17) is 9.47 Å². The Bertz CT molecular complexity index is 433. The van der Waals surface area contributed by atoms with E-state index in [1.807, 2.05) is 0 Å². The van der Waals surface area contributed by atoms with E-state index in [2.05, 4.69) is 36.4 Å². The van der Waals surface area contributed by atoms with Crippen molar-refractivity contribution in [3.63, 3.8) is 0 Å². The monoisotopic (exact) mass is 356 g/mol. The molecule has 1 amide bonds. The van der Waals surface area contributed by atoms with Crippen molar-refractivity contribution in [3.05, 3.63) is 0 Å². The number of hydrogen-bond acceptors (Lipinski definition) is 4. The maximum absolute atomic E-state index is 11.8. The fraction of sp³-hybridized carbons (Fsp3) is 0.889. The number of ether oxygens (including phenoxy) is 2. The maximum atomic E-state index is 11.8. The van der Waals surface area contributed by atoms with Crippen LogP contribution in [-0.2, 0) is 14.3 Å². The Morgan fingerprint density at radius 2 is 2.04 bits per heavy atom. The second-order valence-corrected chi connectivity index (χ2v) is 7.81. The molecule has 1 aliphatic heterocycles. The molecule has 0 aliphatic carbocycles. The Labute approximate surface area is 152 Å². The van der Waals surface area contributed by atoms with Crippen LogP contribution in [0.2, 0.25) is 0 Å². The van der Waals surface area contributed by atoms with Crippen molar-refractivity contribution < 1.29 is 14.3 Å². The van der Waals surface area contributed by atoms with E-state index in [0.29, 0.717) is 25.0 Å². The summed E-state index contributed by atoms with van der Waals surface area (Å²) >= 11 is 0. The van der Waals surface area contributed by atoms with Gasteiger partial charge in [0.1, 0.15) is 6.54 Å². The summed E-state index contributed by atoms with van der Waals surface area (Å²) in [6.45, 7) is 9.62. The summed E-state index contributed by atoms with van der Waals surface area (Å²) in [6.07, 6.45) is 2.44. The van der Waals surface area contributed by atoms with Crippen molar-refractivity contribution in [1.29, 1.82) is 0 Å². The standard InChI is InChI=1S/C18H36N4O3/c1-18(2,3)16-14(8-7-10-25-16)12-20-17(19-9-11-24-6)21-13-15(23)22(4)5/h14,16H,7-13H2,1-6H3,(H2,19,20,21). The van der Waals surface area contributed by atoms with Gasteiger partial charge in [-0.05, 0) is 18.3 Å². The number of rotatable bonds is 7. The van der Waals surface area contributed by atoms with Gasteiger partial charge in [-0.15, -0.1) is 0 Å². The third-order valence-corrected chi connectivity index (χ3v) is 4.30. The molecule has 0 aromatic heterocycles. The highest BCUT2D eigenvalue weighted by molar-refractivity contribution is 5.84. The Morgan fingerprint density at radius 1 is 1.32 bits per heavy atom. The largest absolute Gasteiger partial charge is 0.383 e. The second-order valence-electron chi connectivity index (χ2n) is 7.81. The molecular weight excluding hydrogens is 320 g/mol. The summed E-state index contributed by atoms with van der Waals surface area (Å²) in [5.41, 5.74) is 0.106. The number of nitrogens with zero attached hydrogens (tertiary/aromatic N) is 2. The van der Waals surface area contributed by atoms with Gasteiger partial charge in [0.25, 0.3) is 0 Å². The van der Waals surface area contributed by atoms with Gasteiger partial charge in [-0.3, -0.25) is 4.79 Å². The van der Waals surface area contributed by atoms with Crippen molar-refractivity contribution in [1.82, 2.24) is 15.5 Å². The van der Waals surface area contributed by atoms with E-state index >= 15 is 0 Å². The van der Waals surface area contributed by atoms with E-state index in [1.54, 1.807) is 26.1 Å². The molecule has 2 atom stereocenters. The van der Waals surface area contributed by atoms with Crippen LogP contribution in [-0.4, -0.2) is 76.9 Å². The molecule has 25 heavy (non-hydrogen) atoms. The summed E-state index contributed by atoms with van der Waals surface area (Å²) in [6, 6.07) is 0.